The predicted octanol–water partition coefficient (Wildman–Crippen LogP) is 4.20. The SMILES string of the molecule is CCCNC1(C(=O)O)CCCC(Sc2cccc(Cl)c2)C1. The van der Waals surface area contributed by atoms with Gasteiger partial charge in [0.15, 0.2) is 0 Å². The highest BCUT2D eigenvalue weighted by atomic mass is 35.5. The molecule has 1 aromatic carbocycles. The summed E-state index contributed by atoms with van der Waals surface area (Å²) in [5.41, 5.74) is -0.759. The summed E-state index contributed by atoms with van der Waals surface area (Å²) < 4.78 is 0. The van der Waals surface area contributed by atoms with Crippen molar-refractivity contribution in [2.24, 2.45) is 0 Å². The van der Waals surface area contributed by atoms with Crippen molar-refractivity contribution < 1.29 is 9.90 Å². The fourth-order valence-electron chi connectivity index (χ4n) is 2.85. The summed E-state index contributed by atoms with van der Waals surface area (Å²) in [5.74, 6) is -0.715. The molecule has 0 spiro atoms. The van der Waals surface area contributed by atoms with Crippen molar-refractivity contribution in [3.05, 3.63) is 29.3 Å². The van der Waals surface area contributed by atoms with E-state index in [2.05, 4.69) is 12.2 Å². The molecule has 1 aromatic rings. The number of rotatable bonds is 6. The summed E-state index contributed by atoms with van der Waals surface area (Å²) >= 11 is 7.76. The second-order valence-electron chi connectivity index (χ2n) is 5.61. The Morgan fingerprint density at radius 2 is 2.38 bits per heavy atom. The molecule has 0 aromatic heterocycles. The minimum Gasteiger partial charge on any atom is -0.480 e. The molecule has 21 heavy (non-hydrogen) atoms. The number of benzene rings is 1. The molecule has 1 saturated carbocycles. The zero-order valence-corrected chi connectivity index (χ0v) is 13.8. The molecule has 0 amide bonds. The van der Waals surface area contributed by atoms with Crippen LogP contribution in [0.1, 0.15) is 39.0 Å². The number of carboxylic acids is 1. The molecule has 116 valence electrons. The lowest BCUT2D eigenvalue weighted by Gasteiger charge is -2.38. The molecular weight excluding hydrogens is 306 g/mol. The van der Waals surface area contributed by atoms with E-state index in [4.69, 9.17) is 11.6 Å². The first-order valence-corrected chi connectivity index (χ1v) is 8.72. The number of nitrogens with one attached hydrogen (secondary N) is 1. The molecule has 2 atom stereocenters. The number of hydrogen-bond acceptors (Lipinski definition) is 3. The summed E-state index contributed by atoms with van der Waals surface area (Å²) in [7, 11) is 0. The molecule has 2 N–H and O–H groups in total. The van der Waals surface area contributed by atoms with E-state index in [9.17, 15) is 9.90 Å². The van der Waals surface area contributed by atoms with E-state index < -0.39 is 11.5 Å². The normalized spacial score (nSPS) is 25.7. The number of thioether (sulfide) groups is 1. The largest absolute Gasteiger partial charge is 0.480 e. The van der Waals surface area contributed by atoms with E-state index in [-0.39, 0.29) is 0 Å². The molecule has 2 unspecified atom stereocenters. The maximum Gasteiger partial charge on any atom is 0.323 e. The smallest absolute Gasteiger partial charge is 0.323 e. The van der Waals surface area contributed by atoms with Crippen LogP contribution >= 0.6 is 23.4 Å². The fourth-order valence-corrected chi connectivity index (χ4v) is 4.50. The molecule has 1 fully saturated rings. The van der Waals surface area contributed by atoms with Crippen molar-refractivity contribution in [2.75, 3.05) is 6.54 Å². The molecule has 0 aliphatic heterocycles. The van der Waals surface area contributed by atoms with Crippen molar-refractivity contribution in [1.29, 1.82) is 0 Å². The van der Waals surface area contributed by atoms with Gasteiger partial charge in [0, 0.05) is 15.2 Å². The average molecular weight is 328 g/mol. The Hall–Kier alpha value is -0.710. The van der Waals surface area contributed by atoms with Crippen LogP contribution in [0.4, 0.5) is 0 Å². The molecule has 1 aliphatic carbocycles. The Labute approximate surface area is 135 Å². The highest BCUT2D eigenvalue weighted by Gasteiger charge is 2.42. The lowest BCUT2D eigenvalue weighted by Crippen LogP contribution is -2.55. The standard InChI is InChI=1S/C16H22ClNO2S/c1-2-9-18-16(15(19)20)8-4-7-14(11-16)21-13-6-3-5-12(17)10-13/h3,5-6,10,14,18H,2,4,7-9,11H2,1H3,(H,19,20). The van der Waals surface area contributed by atoms with E-state index >= 15 is 0 Å². The topological polar surface area (TPSA) is 49.3 Å². The molecule has 0 heterocycles. The van der Waals surface area contributed by atoms with Crippen LogP contribution in [0.3, 0.4) is 0 Å². The zero-order valence-electron chi connectivity index (χ0n) is 12.3. The predicted molar refractivity (Wildman–Crippen MR) is 88.2 cm³/mol. The third kappa shape index (κ3) is 4.38. The minimum absolute atomic E-state index is 0.317. The van der Waals surface area contributed by atoms with Gasteiger partial charge in [-0.1, -0.05) is 24.6 Å². The van der Waals surface area contributed by atoms with Crippen LogP contribution in [0.2, 0.25) is 5.02 Å². The van der Waals surface area contributed by atoms with Gasteiger partial charge in [-0.05, 0) is 56.8 Å². The summed E-state index contributed by atoms with van der Waals surface area (Å²) in [6.07, 6.45) is 4.33. The van der Waals surface area contributed by atoms with E-state index in [1.807, 2.05) is 24.3 Å². The lowest BCUT2D eigenvalue weighted by molar-refractivity contribution is -0.146. The number of hydrogen-bond donors (Lipinski definition) is 2. The minimum atomic E-state index is -0.759. The number of aliphatic carboxylic acids is 1. The number of halogens is 1. The van der Waals surface area contributed by atoms with Crippen LogP contribution in [0.15, 0.2) is 29.2 Å². The van der Waals surface area contributed by atoms with Gasteiger partial charge in [0.05, 0.1) is 0 Å². The molecular formula is C16H22ClNO2S. The number of carbonyl (C=O) groups is 1. The van der Waals surface area contributed by atoms with Crippen LogP contribution in [0, 0.1) is 0 Å². The number of carboxylic acid groups (broad SMARTS) is 1. The zero-order chi connectivity index (χ0) is 15.3. The van der Waals surface area contributed by atoms with Gasteiger partial charge in [0.25, 0.3) is 0 Å². The summed E-state index contributed by atoms with van der Waals surface area (Å²) in [4.78, 5) is 12.9. The van der Waals surface area contributed by atoms with Crippen LogP contribution in [0.5, 0.6) is 0 Å². The second kappa shape index (κ2) is 7.52. The van der Waals surface area contributed by atoms with Gasteiger partial charge >= 0.3 is 5.97 Å². The molecule has 5 heteroatoms. The molecule has 2 rings (SSSR count). The van der Waals surface area contributed by atoms with Crippen molar-refractivity contribution in [2.45, 2.75) is 54.7 Å². The molecule has 0 saturated heterocycles. The Balaban J connectivity index is 2.06. The Morgan fingerprint density at radius 1 is 1.57 bits per heavy atom. The lowest BCUT2D eigenvalue weighted by atomic mass is 9.81. The second-order valence-corrected chi connectivity index (χ2v) is 7.42. The average Bonchev–Trinajstić information content (AvgIpc) is 2.45. The highest BCUT2D eigenvalue weighted by molar-refractivity contribution is 8.00. The van der Waals surface area contributed by atoms with Gasteiger partial charge < -0.3 is 10.4 Å². The molecule has 0 radical (unpaired) electrons. The van der Waals surface area contributed by atoms with E-state index in [1.54, 1.807) is 11.8 Å². The van der Waals surface area contributed by atoms with Gasteiger partial charge in [0.1, 0.15) is 5.54 Å². The molecule has 1 aliphatic rings. The van der Waals surface area contributed by atoms with Crippen molar-refractivity contribution in [3.8, 4) is 0 Å². The van der Waals surface area contributed by atoms with Crippen molar-refractivity contribution in [3.63, 3.8) is 0 Å². The van der Waals surface area contributed by atoms with Gasteiger partial charge in [-0.3, -0.25) is 4.79 Å². The Morgan fingerprint density at radius 3 is 3.05 bits per heavy atom. The monoisotopic (exact) mass is 327 g/mol. The van der Waals surface area contributed by atoms with E-state index in [0.717, 1.165) is 42.1 Å². The van der Waals surface area contributed by atoms with Gasteiger partial charge in [-0.2, -0.15) is 0 Å². The summed E-state index contributed by atoms with van der Waals surface area (Å²) in [5, 5.41) is 14.0. The first-order valence-electron chi connectivity index (χ1n) is 7.46. The van der Waals surface area contributed by atoms with Gasteiger partial charge in [-0.25, -0.2) is 0 Å². The maximum absolute atomic E-state index is 11.7. The highest BCUT2D eigenvalue weighted by Crippen LogP contribution is 2.39. The van der Waals surface area contributed by atoms with Crippen LogP contribution < -0.4 is 5.32 Å². The Kier molecular flexibility index (Phi) is 5.97. The molecule has 3 nitrogen and oxygen atoms in total. The quantitative estimate of drug-likeness (QED) is 0.822. The van der Waals surface area contributed by atoms with Crippen molar-refractivity contribution >= 4 is 29.3 Å². The van der Waals surface area contributed by atoms with Crippen LogP contribution in [0.25, 0.3) is 0 Å². The molecule has 0 bridgehead atoms. The third-order valence-corrected chi connectivity index (χ3v) is 5.42. The first kappa shape index (κ1) is 16.7. The van der Waals surface area contributed by atoms with E-state index in [1.165, 1.54) is 0 Å². The first-order chi connectivity index (χ1) is 10.1. The summed E-state index contributed by atoms with van der Waals surface area (Å²) in [6.45, 7) is 2.81. The fraction of sp³-hybridized carbons (Fsp3) is 0.562. The van der Waals surface area contributed by atoms with Crippen LogP contribution in [-0.2, 0) is 4.79 Å². The van der Waals surface area contributed by atoms with Gasteiger partial charge in [-0.15, -0.1) is 11.8 Å². The Bertz CT molecular complexity index is 497. The third-order valence-electron chi connectivity index (χ3n) is 3.93. The maximum atomic E-state index is 11.7. The van der Waals surface area contributed by atoms with E-state index in [0.29, 0.717) is 11.7 Å². The van der Waals surface area contributed by atoms with Crippen LogP contribution in [-0.4, -0.2) is 28.4 Å². The summed E-state index contributed by atoms with van der Waals surface area (Å²) in [6, 6.07) is 7.78. The van der Waals surface area contributed by atoms with Gasteiger partial charge in [0.2, 0.25) is 0 Å². The van der Waals surface area contributed by atoms with Crippen molar-refractivity contribution in [1.82, 2.24) is 5.32 Å².